The van der Waals surface area contributed by atoms with Gasteiger partial charge in [0.2, 0.25) is 0 Å². The Morgan fingerprint density at radius 1 is 1.44 bits per heavy atom. The molecule has 0 saturated heterocycles. The number of aliphatic hydroxyl groups excluding tert-OH is 2. The van der Waals surface area contributed by atoms with E-state index in [1.54, 1.807) is 0 Å². The zero-order valence-corrected chi connectivity index (χ0v) is 4.95. The van der Waals surface area contributed by atoms with Crippen LogP contribution in [0.25, 0.3) is 0 Å². The van der Waals surface area contributed by atoms with Gasteiger partial charge in [0, 0.05) is 6.08 Å². The summed E-state index contributed by atoms with van der Waals surface area (Å²) in [5.74, 6) is -0.981. The Kier molecular flexibility index (Phi) is 12.4. The van der Waals surface area contributed by atoms with Crippen molar-refractivity contribution in [2.75, 3.05) is 13.2 Å². The van der Waals surface area contributed by atoms with E-state index in [-0.39, 0.29) is 13.2 Å². The van der Waals surface area contributed by atoms with Crippen LogP contribution in [-0.2, 0) is 4.79 Å². The first kappa shape index (κ1) is 11.0. The lowest BCUT2D eigenvalue weighted by Crippen LogP contribution is -1.85. The molecule has 0 heterocycles. The molecule has 0 atom stereocenters. The molecular weight excluding hydrogens is 124 g/mol. The summed E-state index contributed by atoms with van der Waals surface area (Å²) >= 11 is 0. The second kappa shape index (κ2) is 10.2. The summed E-state index contributed by atoms with van der Waals surface area (Å²) in [6, 6.07) is 0. The Bertz CT molecular complexity index is 77.0. The highest BCUT2D eigenvalue weighted by molar-refractivity contribution is 5.78. The number of aliphatic hydroxyl groups is 2. The molecule has 0 aromatic rings. The minimum absolute atomic E-state index is 0.125. The Morgan fingerprint density at radius 2 is 1.67 bits per heavy atom. The summed E-state index contributed by atoms with van der Waals surface area (Å²) in [4.78, 5) is 9.25. The fraction of sp³-hybridized carbons (Fsp3) is 0.400. The monoisotopic (exact) mass is 134 g/mol. The third-order valence-electron chi connectivity index (χ3n) is 0.275. The average molecular weight is 134 g/mol. The maximum Gasteiger partial charge on any atom is 0.327 e. The maximum atomic E-state index is 9.25. The molecule has 3 N–H and O–H groups in total. The number of carbonyl (C=O) groups is 1. The molecule has 0 aliphatic carbocycles. The molecule has 0 aromatic carbocycles. The molecule has 0 aromatic heterocycles. The maximum absolute atomic E-state index is 9.25. The van der Waals surface area contributed by atoms with Crippen LogP contribution in [0.15, 0.2) is 12.7 Å². The van der Waals surface area contributed by atoms with E-state index in [0.29, 0.717) is 0 Å². The van der Waals surface area contributed by atoms with Crippen LogP contribution in [0, 0.1) is 0 Å². The zero-order chi connectivity index (χ0) is 7.70. The van der Waals surface area contributed by atoms with E-state index in [2.05, 4.69) is 6.58 Å². The van der Waals surface area contributed by atoms with E-state index in [4.69, 9.17) is 15.3 Å². The van der Waals surface area contributed by atoms with Gasteiger partial charge in [-0.2, -0.15) is 0 Å². The molecule has 4 heteroatoms. The zero-order valence-electron chi connectivity index (χ0n) is 4.95. The summed E-state index contributed by atoms with van der Waals surface area (Å²) < 4.78 is 0. The number of aliphatic carboxylic acids is 1. The van der Waals surface area contributed by atoms with Gasteiger partial charge in [-0.15, -0.1) is 0 Å². The standard InChI is InChI=1S/C3H4O2.C2H6O2/c1-2-3(4)5;3-1-2-4/h2H,1H2,(H,4,5);3-4H,1-2H2. The molecular formula is C5H10O4. The summed E-state index contributed by atoms with van der Waals surface area (Å²) in [5.41, 5.74) is 0. The summed E-state index contributed by atoms with van der Waals surface area (Å²) in [7, 11) is 0. The highest BCUT2D eigenvalue weighted by atomic mass is 16.4. The van der Waals surface area contributed by atoms with Crippen LogP contribution < -0.4 is 0 Å². The number of hydrogen-bond donors (Lipinski definition) is 3. The number of rotatable bonds is 2. The van der Waals surface area contributed by atoms with Gasteiger partial charge in [0.25, 0.3) is 0 Å². The largest absolute Gasteiger partial charge is 0.478 e. The van der Waals surface area contributed by atoms with Gasteiger partial charge in [-0.3, -0.25) is 0 Å². The van der Waals surface area contributed by atoms with Gasteiger partial charge in [0.05, 0.1) is 13.2 Å². The normalized spacial score (nSPS) is 6.89. The first-order chi connectivity index (χ1) is 4.18. The van der Waals surface area contributed by atoms with E-state index in [9.17, 15) is 4.79 Å². The quantitative estimate of drug-likeness (QED) is 0.433. The van der Waals surface area contributed by atoms with E-state index in [1.165, 1.54) is 0 Å². The van der Waals surface area contributed by atoms with Gasteiger partial charge in [0.15, 0.2) is 0 Å². The first-order valence-corrected chi connectivity index (χ1v) is 2.26. The smallest absolute Gasteiger partial charge is 0.327 e. The van der Waals surface area contributed by atoms with Crippen LogP contribution in [0.2, 0.25) is 0 Å². The topological polar surface area (TPSA) is 77.8 Å². The molecule has 0 amide bonds. The predicted molar refractivity (Wildman–Crippen MR) is 32.0 cm³/mol. The molecule has 0 rings (SSSR count). The van der Waals surface area contributed by atoms with Crippen LogP contribution in [0.1, 0.15) is 0 Å². The van der Waals surface area contributed by atoms with Crippen molar-refractivity contribution in [3.05, 3.63) is 12.7 Å². The van der Waals surface area contributed by atoms with Gasteiger partial charge in [-0.05, 0) is 0 Å². The summed E-state index contributed by atoms with van der Waals surface area (Å²) in [6.07, 6.45) is 0.833. The van der Waals surface area contributed by atoms with Crippen molar-refractivity contribution < 1.29 is 20.1 Å². The van der Waals surface area contributed by atoms with Crippen molar-refractivity contribution in [2.24, 2.45) is 0 Å². The summed E-state index contributed by atoms with van der Waals surface area (Å²) in [5, 5.41) is 22.9. The third kappa shape index (κ3) is 41.4. The number of carboxylic acids is 1. The van der Waals surface area contributed by atoms with Crippen molar-refractivity contribution in [1.82, 2.24) is 0 Å². The second-order valence-electron chi connectivity index (χ2n) is 0.990. The van der Waals surface area contributed by atoms with E-state index in [1.807, 2.05) is 0 Å². The molecule has 0 unspecified atom stereocenters. The second-order valence-corrected chi connectivity index (χ2v) is 0.990. The molecule has 9 heavy (non-hydrogen) atoms. The first-order valence-electron chi connectivity index (χ1n) is 2.26. The molecule has 0 saturated carbocycles. The lowest BCUT2D eigenvalue weighted by atomic mass is 10.7. The van der Waals surface area contributed by atoms with Gasteiger partial charge >= 0.3 is 5.97 Å². The highest BCUT2D eigenvalue weighted by Gasteiger charge is 1.73. The van der Waals surface area contributed by atoms with E-state index >= 15 is 0 Å². The number of carboxylic acid groups (broad SMARTS) is 1. The van der Waals surface area contributed by atoms with Crippen LogP contribution >= 0.6 is 0 Å². The van der Waals surface area contributed by atoms with Crippen molar-refractivity contribution in [1.29, 1.82) is 0 Å². The minimum atomic E-state index is -0.981. The summed E-state index contributed by atoms with van der Waals surface area (Å²) in [6.45, 7) is 2.71. The van der Waals surface area contributed by atoms with Crippen molar-refractivity contribution >= 4 is 5.97 Å². The van der Waals surface area contributed by atoms with E-state index in [0.717, 1.165) is 6.08 Å². The molecule has 4 nitrogen and oxygen atoms in total. The fourth-order valence-corrected chi connectivity index (χ4v) is 0. The fourth-order valence-electron chi connectivity index (χ4n) is 0. The molecule has 0 aliphatic rings. The van der Waals surface area contributed by atoms with Crippen LogP contribution in [0.3, 0.4) is 0 Å². The molecule has 0 fully saturated rings. The molecule has 54 valence electrons. The van der Waals surface area contributed by atoms with Gasteiger partial charge in [-0.1, -0.05) is 6.58 Å². The highest BCUT2D eigenvalue weighted by Crippen LogP contribution is 1.54. The Morgan fingerprint density at radius 3 is 1.67 bits per heavy atom. The van der Waals surface area contributed by atoms with Gasteiger partial charge in [0.1, 0.15) is 0 Å². The predicted octanol–water partition coefficient (Wildman–Crippen LogP) is -0.772. The van der Waals surface area contributed by atoms with Gasteiger partial charge < -0.3 is 15.3 Å². The molecule has 0 aliphatic heterocycles. The lowest BCUT2D eigenvalue weighted by Gasteiger charge is -1.70. The Balaban J connectivity index is 0. The van der Waals surface area contributed by atoms with Crippen molar-refractivity contribution in [2.45, 2.75) is 0 Å². The lowest BCUT2D eigenvalue weighted by molar-refractivity contribution is -0.131. The Labute approximate surface area is 53.1 Å². The minimum Gasteiger partial charge on any atom is -0.478 e. The average Bonchev–Trinajstić information content (AvgIpc) is 1.89. The number of hydrogen-bond acceptors (Lipinski definition) is 3. The van der Waals surface area contributed by atoms with E-state index < -0.39 is 5.97 Å². The SMILES string of the molecule is C=CC(=O)O.OCCO. The van der Waals surface area contributed by atoms with Crippen LogP contribution in [0.5, 0.6) is 0 Å². The van der Waals surface area contributed by atoms with Crippen molar-refractivity contribution in [3.8, 4) is 0 Å². The van der Waals surface area contributed by atoms with Crippen molar-refractivity contribution in [3.63, 3.8) is 0 Å². The Hall–Kier alpha value is -0.870. The van der Waals surface area contributed by atoms with Gasteiger partial charge in [-0.25, -0.2) is 4.79 Å². The van der Waals surface area contributed by atoms with Crippen LogP contribution in [-0.4, -0.2) is 34.5 Å². The van der Waals surface area contributed by atoms with Crippen LogP contribution in [0.4, 0.5) is 0 Å². The third-order valence-corrected chi connectivity index (χ3v) is 0.275. The molecule has 0 radical (unpaired) electrons. The molecule has 0 spiro atoms. The molecule has 0 bridgehead atoms.